The third-order valence-electron chi connectivity index (χ3n) is 1.47. The highest BCUT2D eigenvalue weighted by Gasteiger charge is 2.16. The first-order valence-electron chi connectivity index (χ1n) is 3.39. The van der Waals surface area contributed by atoms with Crippen LogP contribution in [0.4, 0.5) is 8.78 Å². The summed E-state index contributed by atoms with van der Waals surface area (Å²) < 4.78 is 27.9. The Bertz CT molecular complexity index is 98.6. The van der Waals surface area contributed by atoms with E-state index in [0.717, 1.165) is 13.0 Å². The van der Waals surface area contributed by atoms with Gasteiger partial charge in [-0.2, -0.15) is 0 Å². The van der Waals surface area contributed by atoms with Crippen LogP contribution in [0.3, 0.4) is 0 Å². The van der Waals surface area contributed by atoms with Gasteiger partial charge in [-0.25, -0.2) is 8.78 Å². The Labute approximate surface area is 70.7 Å². The highest BCUT2D eigenvalue weighted by molar-refractivity contribution is 5.85. The van der Waals surface area contributed by atoms with Crippen molar-refractivity contribution < 1.29 is 13.5 Å². The summed E-state index contributed by atoms with van der Waals surface area (Å²) in [4.78, 5) is 0. The zero-order valence-corrected chi connectivity index (χ0v) is 6.87. The lowest BCUT2D eigenvalue weighted by molar-refractivity contribution is -0.0162. The third-order valence-corrected chi connectivity index (χ3v) is 1.47. The van der Waals surface area contributed by atoms with E-state index in [1.165, 1.54) is 0 Å². The Kier molecular flexibility index (Phi) is 5.72. The quantitative estimate of drug-likeness (QED) is 0.713. The van der Waals surface area contributed by atoms with E-state index in [0.29, 0.717) is 6.54 Å². The molecule has 0 bridgehead atoms. The molecule has 0 unspecified atom stereocenters. The molecule has 0 aliphatic carbocycles. The average molecular weight is 188 g/mol. The van der Waals surface area contributed by atoms with Crippen LogP contribution in [0.1, 0.15) is 6.42 Å². The number of nitrogens with one attached hydrogen (secondary N) is 1. The van der Waals surface area contributed by atoms with Gasteiger partial charge in [-0.15, -0.1) is 12.4 Å². The molecule has 1 fully saturated rings. The predicted octanol–water partition coefficient (Wildman–Crippen LogP) is 1.05. The Morgan fingerprint density at radius 2 is 2.27 bits per heavy atom. The molecule has 1 rings (SSSR count). The van der Waals surface area contributed by atoms with E-state index in [1.54, 1.807) is 0 Å². The largest absolute Gasteiger partial charge is 0.371 e. The fourth-order valence-corrected chi connectivity index (χ4v) is 0.979. The van der Waals surface area contributed by atoms with E-state index in [2.05, 4.69) is 5.32 Å². The monoisotopic (exact) mass is 187 g/mol. The van der Waals surface area contributed by atoms with E-state index in [-0.39, 0.29) is 18.5 Å². The highest BCUT2D eigenvalue weighted by atomic mass is 35.5. The molecule has 68 valence electrons. The van der Waals surface area contributed by atoms with Crippen molar-refractivity contribution in [3.05, 3.63) is 0 Å². The Hall–Kier alpha value is 0.0700. The van der Waals surface area contributed by atoms with Crippen LogP contribution in [0, 0.1) is 0 Å². The van der Waals surface area contributed by atoms with Crippen LogP contribution < -0.4 is 5.32 Å². The third kappa shape index (κ3) is 4.50. The van der Waals surface area contributed by atoms with Crippen LogP contribution >= 0.6 is 12.4 Å². The number of alkyl halides is 2. The van der Waals surface area contributed by atoms with Crippen molar-refractivity contribution in [3.63, 3.8) is 0 Å². The van der Waals surface area contributed by atoms with Gasteiger partial charge < -0.3 is 10.1 Å². The van der Waals surface area contributed by atoms with Gasteiger partial charge in [0.1, 0.15) is 6.61 Å². The molecule has 1 N–H and O–H groups in total. The smallest absolute Gasteiger partial charge is 0.261 e. The molecule has 0 amide bonds. The van der Waals surface area contributed by atoms with Crippen molar-refractivity contribution in [2.24, 2.45) is 0 Å². The topological polar surface area (TPSA) is 21.3 Å². The fraction of sp³-hybridized carbons (Fsp3) is 1.00. The molecule has 5 heteroatoms. The highest BCUT2D eigenvalue weighted by Crippen LogP contribution is 2.04. The molecule has 0 saturated carbocycles. The molecule has 1 aliphatic heterocycles. The first kappa shape index (κ1) is 11.1. The Balaban J connectivity index is 0.000001000. The zero-order chi connectivity index (χ0) is 7.40. The lowest BCUT2D eigenvalue weighted by atomic mass is 10.3. The van der Waals surface area contributed by atoms with E-state index in [1.807, 2.05) is 0 Å². The molecule has 0 radical (unpaired) electrons. The summed E-state index contributed by atoms with van der Waals surface area (Å²) in [5.41, 5.74) is 0. The standard InChI is InChI=1S/C6H11F2NO.ClH/c7-6(8)4-10-5-1-2-9-3-5;/h5-6,9H,1-4H2;1H/t5-;/m0./s1. The van der Waals surface area contributed by atoms with Crippen molar-refractivity contribution in [2.45, 2.75) is 19.0 Å². The fourth-order valence-electron chi connectivity index (χ4n) is 0.979. The first-order chi connectivity index (χ1) is 4.79. The van der Waals surface area contributed by atoms with Gasteiger partial charge in [-0.3, -0.25) is 0 Å². The van der Waals surface area contributed by atoms with Gasteiger partial charge in [-0.1, -0.05) is 0 Å². The van der Waals surface area contributed by atoms with Crippen LogP contribution in [0.5, 0.6) is 0 Å². The van der Waals surface area contributed by atoms with Gasteiger partial charge in [0, 0.05) is 6.54 Å². The summed E-state index contributed by atoms with van der Waals surface area (Å²) in [7, 11) is 0. The van der Waals surface area contributed by atoms with E-state index in [9.17, 15) is 8.78 Å². The minimum atomic E-state index is -2.33. The molecule has 2 nitrogen and oxygen atoms in total. The SMILES string of the molecule is Cl.FC(F)CO[C@H]1CCNC1. The van der Waals surface area contributed by atoms with E-state index >= 15 is 0 Å². The average Bonchev–Trinajstić information content (AvgIpc) is 2.34. The maximum absolute atomic E-state index is 11.5. The van der Waals surface area contributed by atoms with Crippen LogP contribution in [0.15, 0.2) is 0 Å². The maximum Gasteiger partial charge on any atom is 0.261 e. The second-order valence-electron chi connectivity index (χ2n) is 2.34. The van der Waals surface area contributed by atoms with Crippen molar-refractivity contribution in [1.29, 1.82) is 0 Å². The Morgan fingerprint density at radius 3 is 2.73 bits per heavy atom. The van der Waals surface area contributed by atoms with Gasteiger partial charge in [-0.05, 0) is 13.0 Å². The summed E-state index contributed by atoms with van der Waals surface area (Å²) in [5, 5.41) is 3.03. The molecule has 0 aromatic heterocycles. The lowest BCUT2D eigenvalue weighted by Crippen LogP contribution is -2.19. The van der Waals surface area contributed by atoms with E-state index < -0.39 is 13.0 Å². The number of ether oxygens (including phenoxy) is 1. The van der Waals surface area contributed by atoms with Crippen molar-refractivity contribution in [1.82, 2.24) is 5.32 Å². The molecule has 1 atom stereocenters. The molecule has 0 spiro atoms. The second kappa shape index (κ2) is 5.69. The number of rotatable bonds is 3. The summed E-state index contributed by atoms with van der Waals surface area (Å²) in [6.45, 7) is 1.17. The minimum absolute atomic E-state index is 0. The van der Waals surface area contributed by atoms with Crippen molar-refractivity contribution >= 4 is 12.4 Å². The Morgan fingerprint density at radius 1 is 1.55 bits per heavy atom. The summed E-state index contributed by atoms with van der Waals surface area (Å²) in [6, 6.07) is 0. The molecular formula is C6H12ClF2NO. The zero-order valence-electron chi connectivity index (χ0n) is 6.06. The van der Waals surface area contributed by atoms with Crippen LogP contribution in [0.25, 0.3) is 0 Å². The minimum Gasteiger partial charge on any atom is -0.371 e. The summed E-state index contributed by atoms with van der Waals surface area (Å²) in [5.74, 6) is 0. The maximum atomic E-state index is 11.5. The second-order valence-corrected chi connectivity index (χ2v) is 2.34. The molecular weight excluding hydrogens is 176 g/mol. The first-order valence-corrected chi connectivity index (χ1v) is 3.39. The van der Waals surface area contributed by atoms with Crippen LogP contribution in [-0.2, 0) is 4.74 Å². The molecule has 1 aliphatic rings. The lowest BCUT2D eigenvalue weighted by Gasteiger charge is -2.08. The number of halogens is 3. The predicted molar refractivity (Wildman–Crippen MR) is 40.5 cm³/mol. The van der Waals surface area contributed by atoms with Gasteiger partial charge in [0.2, 0.25) is 0 Å². The van der Waals surface area contributed by atoms with Gasteiger partial charge in [0.05, 0.1) is 6.10 Å². The summed E-state index contributed by atoms with van der Waals surface area (Å²) >= 11 is 0. The van der Waals surface area contributed by atoms with Gasteiger partial charge in [0.25, 0.3) is 6.43 Å². The van der Waals surface area contributed by atoms with Crippen LogP contribution in [0.2, 0.25) is 0 Å². The molecule has 1 saturated heterocycles. The van der Waals surface area contributed by atoms with Gasteiger partial charge in [0.15, 0.2) is 0 Å². The van der Waals surface area contributed by atoms with Crippen molar-refractivity contribution in [3.8, 4) is 0 Å². The molecule has 1 heterocycles. The molecule has 11 heavy (non-hydrogen) atoms. The molecule has 0 aromatic carbocycles. The normalized spacial score (nSPS) is 23.7. The molecule has 0 aromatic rings. The van der Waals surface area contributed by atoms with Crippen LogP contribution in [-0.4, -0.2) is 32.2 Å². The van der Waals surface area contributed by atoms with Crippen molar-refractivity contribution in [2.75, 3.05) is 19.7 Å². The summed E-state index contributed by atoms with van der Waals surface area (Å²) in [6.07, 6.45) is -1.47. The van der Waals surface area contributed by atoms with E-state index in [4.69, 9.17) is 4.74 Å². The van der Waals surface area contributed by atoms with Gasteiger partial charge >= 0.3 is 0 Å². The number of hydrogen-bond acceptors (Lipinski definition) is 2. The number of hydrogen-bond donors (Lipinski definition) is 1.